The van der Waals surface area contributed by atoms with Crippen molar-refractivity contribution in [2.75, 3.05) is 13.1 Å². The van der Waals surface area contributed by atoms with Crippen LogP contribution in [0.1, 0.15) is 152 Å². The molecule has 6 nitrogen and oxygen atoms in total. The summed E-state index contributed by atoms with van der Waals surface area (Å²) >= 11 is 0. The van der Waals surface area contributed by atoms with Crippen molar-refractivity contribution in [1.29, 1.82) is 0 Å². The maximum absolute atomic E-state index is 14.0. The van der Waals surface area contributed by atoms with E-state index in [0.29, 0.717) is 41.9 Å². The highest BCUT2D eigenvalue weighted by Crippen LogP contribution is 2.78. The van der Waals surface area contributed by atoms with E-state index >= 15 is 0 Å². The molecule has 0 radical (unpaired) electrons. The summed E-state index contributed by atoms with van der Waals surface area (Å²) in [6, 6.07) is 0. The molecule has 50 heavy (non-hydrogen) atoms. The monoisotopic (exact) mass is 692 g/mol. The fourth-order valence-corrected chi connectivity index (χ4v) is 14.3. The second kappa shape index (κ2) is 12.8. The Labute approximate surface area is 303 Å². The lowest BCUT2D eigenvalue weighted by Gasteiger charge is -2.73. The van der Waals surface area contributed by atoms with Gasteiger partial charge in [-0.25, -0.2) is 0 Å². The van der Waals surface area contributed by atoms with E-state index in [1.165, 1.54) is 43.3 Å². The number of esters is 1. The number of allylic oxidation sites excluding steroid dienone is 1. The molecule has 1 N–H and O–H groups in total. The topological polar surface area (TPSA) is 83.9 Å². The molecule has 0 aromatic carbocycles. The molecule has 280 valence electrons. The number of hydrogen-bond acceptors (Lipinski definition) is 4. The van der Waals surface area contributed by atoms with E-state index in [1.54, 1.807) is 0 Å². The van der Waals surface area contributed by atoms with Crippen LogP contribution >= 0.6 is 0 Å². The Morgan fingerprint density at radius 2 is 1.54 bits per heavy atom. The summed E-state index contributed by atoms with van der Waals surface area (Å²) in [7, 11) is 0. The number of nitrogens with zero attached hydrogens (tertiary/aromatic N) is 1. The van der Waals surface area contributed by atoms with Gasteiger partial charge >= 0.3 is 11.9 Å². The number of rotatable bonds is 8. The zero-order valence-electron chi connectivity index (χ0n) is 32.9. The van der Waals surface area contributed by atoms with E-state index in [9.17, 15) is 19.5 Å². The van der Waals surface area contributed by atoms with Crippen LogP contribution in [0.4, 0.5) is 0 Å². The van der Waals surface area contributed by atoms with Crippen LogP contribution < -0.4 is 0 Å². The van der Waals surface area contributed by atoms with E-state index in [1.807, 2.05) is 13.8 Å². The number of carboxylic acids is 1. The lowest BCUT2D eigenvalue weighted by atomic mass is 9.32. The minimum absolute atomic E-state index is 0.0444. The first-order valence-electron chi connectivity index (χ1n) is 20.2. The fraction of sp³-hybridized carbons (Fsp3) is 0.841. The van der Waals surface area contributed by atoms with Crippen LogP contribution in [0, 0.1) is 62.1 Å². The van der Waals surface area contributed by atoms with Crippen molar-refractivity contribution in [3.05, 3.63) is 24.3 Å². The predicted octanol–water partition coefficient (Wildman–Crippen LogP) is 10.0. The van der Waals surface area contributed by atoms with E-state index in [4.69, 9.17) is 4.74 Å². The van der Waals surface area contributed by atoms with Crippen LogP contribution in [-0.4, -0.2) is 47.0 Å². The molecule has 6 rings (SSSR count). The molecule has 1 heterocycles. The number of amides is 1. The SMILES string of the molecule is C=C1CCN(C(=O)C[C@]23CC[C@@H](C(=C)C)[C@@H]2[C@H]2CC[C@@H]4[C@@]5(C)CC[C@H](OC(=O)CC(C)(C)CC(=O)O)C(C)(C)[C@@H]5CC[C@@]4(C)[C@]2(C)CC3)CC1. The Kier molecular flexibility index (Phi) is 9.62. The zero-order chi connectivity index (χ0) is 36.7. The number of carboxylic acid groups (broad SMARTS) is 1. The molecule has 1 aliphatic heterocycles. The van der Waals surface area contributed by atoms with Gasteiger partial charge in [0.15, 0.2) is 0 Å². The highest BCUT2D eigenvalue weighted by atomic mass is 16.5. The molecule has 5 saturated carbocycles. The number of hydrogen-bond donors (Lipinski definition) is 1. The summed E-state index contributed by atoms with van der Waals surface area (Å²) in [4.78, 5) is 40.8. The summed E-state index contributed by atoms with van der Waals surface area (Å²) in [5.41, 5.74) is 2.51. The molecule has 5 aliphatic carbocycles. The lowest BCUT2D eigenvalue weighted by Crippen LogP contribution is -2.67. The van der Waals surface area contributed by atoms with Gasteiger partial charge in [0.1, 0.15) is 6.10 Å². The van der Waals surface area contributed by atoms with Crippen molar-refractivity contribution in [1.82, 2.24) is 4.90 Å². The molecule has 6 heteroatoms. The Bertz CT molecular complexity index is 1400. The van der Waals surface area contributed by atoms with Gasteiger partial charge in [-0.2, -0.15) is 0 Å². The van der Waals surface area contributed by atoms with Crippen molar-refractivity contribution < 1.29 is 24.2 Å². The summed E-state index contributed by atoms with van der Waals surface area (Å²) in [5.74, 6) is 1.96. The molecule has 1 amide bonds. The van der Waals surface area contributed by atoms with Gasteiger partial charge in [-0.05, 0) is 141 Å². The van der Waals surface area contributed by atoms with Crippen LogP contribution in [0.2, 0.25) is 0 Å². The molecular weight excluding hydrogens is 622 g/mol. The summed E-state index contributed by atoms with van der Waals surface area (Å²) in [5, 5.41) is 9.34. The summed E-state index contributed by atoms with van der Waals surface area (Å²) in [6.07, 6.45) is 14.0. The van der Waals surface area contributed by atoms with Crippen molar-refractivity contribution >= 4 is 17.8 Å². The third kappa shape index (κ3) is 6.02. The zero-order valence-corrected chi connectivity index (χ0v) is 32.9. The fourth-order valence-electron chi connectivity index (χ4n) is 14.3. The minimum Gasteiger partial charge on any atom is -0.481 e. The Morgan fingerprint density at radius 3 is 2.18 bits per heavy atom. The average molecular weight is 692 g/mol. The molecular formula is C44H69NO5. The Morgan fingerprint density at radius 1 is 0.860 bits per heavy atom. The van der Waals surface area contributed by atoms with E-state index in [-0.39, 0.29) is 52.0 Å². The molecule has 0 bridgehead atoms. The molecule has 0 unspecified atom stereocenters. The van der Waals surface area contributed by atoms with Gasteiger partial charge in [0, 0.05) is 24.9 Å². The number of likely N-dealkylation sites (tertiary alicyclic amines) is 1. The van der Waals surface area contributed by atoms with Crippen LogP contribution in [0.3, 0.4) is 0 Å². The van der Waals surface area contributed by atoms with Crippen molar-refractivity contribution in [3.8, 4) is 0 Å². The third-order valence-corrected chi connectivity index (χ3v) is 17.0. The van der Waals surface area contributed by atoms with Crippen LogP contribution in [0.5, 0.6) is 0 Å². The molecule has 0 aromatic rings. The number of fused-ring (bicyclic) bond motifs is 7. The number of aliphatic carboxylic acids is 1. The van der Waals surface area contributed by atoms with E-state index < -0.39 is 11.4 Å². The largest absolute Gasteiger partial charge is 0.481 e. The number of carbonyl (C=O) groups is 3. The second-order valence-electron chi connectivity index (χ2n) is 20.6. The quantitative estimate of drug-likeness (QED) is 0.202. The minimum atomic E-state index is -0.880. The third-order valence-electron chi connectivity index (χ3n) is 17.0. The summed E-state index contributed by atoms with van der Waals surface area (Å²) < 4.78 is 6.28. The molecule has 0 spiro atoms. The van der Waals surface area contributed by atoms with Gasteiger partial charge in [0.05, 0.1) is 12.8 Å². The number of piperidine rings is 1. The second-order valence-corrected chi connectivity index (χ2v) is 20.6. The van der Waals surface area contributed by atoms with Gasteiger partial charge in [0.2, 0.25) is 5.91 Å². The van der Waals surface area contributed by atoms with Crippen LogP contribution in [0.15, 0.2) is 24.3 Å². The normalized spacial score (nSPS) is 42.4. The van der Waals surface area contributed by atoms with E-state index in [0.717, 1.165) is 58.0 Å². The molecule has 6 aliphatic rings. The maximum Gasteiger partial charge on any atom is 0.306 e. The molecule has 0 aromatic heterocycles. The number of ether oxygens (including phenoxy) is 1. The van der Waals surface area contributed by atoms with Crippen molar-refractivity contribution in [2.24, 2.45) is 62.1 Å². The Balaban J connectivity index is 1.23. The van der Waals surface area contributed by atoms with Gasteiger partial charge in [-0.3, -0.25) is 14.4 Å². The van der Waals surface area contributed by atoms with Gasteiger partial charge in [0.25, 0.3) is 0 Å². The highest BCUT2D eigenvalue weighted by Gasteiger charge is 2.71. The van der Waals surface area contributed by atoms with Crippen LogP contribution in [0.25, 0.3) is 0 Å². The summed E-state index contributed by atoms with van der Waals surface area (Å²) in [6.45, 7) is 29.0. The lowest BCUT2D eigenvalue weighted by molar-refractivity contribution is -0.250. The maximum atomic E-state index is 14.0. The first-order valence-corrected chi connectivity index (χ1v) is 20.2. The molecule has 1 saturated heterocycles. The standard InChI is InChI=1S/C44H69NO5/c1-28(2)30-13-20-44(25-35(46)45-23-16-29(3)17-24-45)22-21-42(9)31(38(30)44)11-12-33-41(8)18-15-34(40(6,7)32(41)14-19-43(33,42)10)50-37(49)27-39(4,5)26-36(47)48/h30-34,38H,1,3,11-27H2,2,4-10H3,(H,47,48)/t30-,31+,32-,33+,34-,38+,41-,42+,43+,44+/m0/s1. The Hall–Kier alpha value is -2.11. The van der Waals surface area contributed by atoms with Gasteiger partial charge in [-0.15, -0.1) is 0 Å². The first kappa shape index (κ1) is 37.6. The van der Waals surface area contributed by atoms with Crippen molar-refractivity contribution in [3.63, 3.8) is 0 Å². The predicted molar refractivity (Wildman–Crippen MR) is 199 cm³/mol. The smallest absolute Gasteiger partial charge is 0.306 e. The van der Waals surface area contributed by atoms with Crippen LogP contribution in [-0.2, 0) is 19.1 Å². The van der Waals surface area contributed by atoms with Crippen molar-refractivity contribution in [2.45, 2.75) is 158 Å². The first-order chi connectivity index (χ1) is 23.2. The van der Waals surface area contributed by atoms with Gasteiger partial charge < -0.3 is 14.7 Å². The van der Waals surface area contributed by atoms with Gasteiger partial charge in [-0.1, -0.05) is 72.8 Å². The average Bonchev–Trinajstić information content (AvgIpc) is 3.38. The number of carbonyl (C=O) groups excluding carboxylic acids is 2. The highest BCUT2D eigenvalue weighted by molar-refractivity contribution is 5.77. The van der Waals surface area contributed by atoms with E-state index in [2.05, 4.69) is 59.6 Å². The molecule has 6 fully saturated rings. The molecule has 10 atom stereocenters.